The summed E-state index contributed by atoms with van der Waals surface area (Å²) in [5.41, 5.74) is 0.262. The zero-order chi connectivity index (χ0) is 21.7. The Morgan fingerprint density at radius 2 is 1.50 bits per heavy atom. The molecule has 30 heavy (non-hydrogen) atoms. The fraction of sp³-hybridized carbons (Fsp3) is 0.667. The molecule has 0 aliphatic heterocycles. The van der Waals surface area contributed by atoms with Crippen molar-refractivity contribution in [3.63, 3.8) is 0 Å². The molecule has 168 valence electrons. The fourth-order valence-electron chi connectivity index (χ4n) is 5.34. The Bertz CT molecular complexity index is 698. The molecule has 2 fully saturated rings. The average molecular weight is 431 g/mol. The van der Waals surface area contributed by atoms with E-state index in [1.807, 2.05) is 6.08 Å². The number of benzene rings is 1. The number of rotatable bonds is 7. The monoisotopic (exact) mass is 430 g/mol. The second-order valence-corrected chi connectivity index (χ2v) is 8.94. The molecule has 0 spiro atoms. The van der Waals surface area contributed by atoms with Crippen molar-refractivity contribution in [2.24, 2.45) is 17.8 Å². The summed E-state index contributed by atoms with van der Waals surface area (Å²) < 4.78 is 69.9. The van der Waals surface area contributed by atoms with Gasteiger partial charge in [0.05, 0.1) is 0 Å². The van der Waals surface area contributed by atoms with Gasteiger partial charge in [-0.15, -0.1) is 6.58 Å². The standard InChI is InChI=1S/C24H31F5O/c1-2-3-4-16-5-7-17(8-6-16)18-9-11-19(12-10-18)20-13-14-21(23(26)22(20)25)30-15-24(27,28)29/h2,13-14,16-19H,1,3-12,15H2. The highest BCUT2D eigenvalue weighted by molar-refractivity contribution is 5.33. The van der Waals surface area contributed by atoms with Gasteiger partial charge in [0.1, 0.15) is 0 Å². The van der Waals surface area contributed by atoms with Gasteiger partial charge < -0.3 is 4.74 Å². The predicted octanol–water partition coefficient (Wildman–Crippen LogP) is 7.95. The zero-order valence-corrected chi connectivity index (χ0v) is 17.3. The van der Waals surface area contributed by atoms with Crippen LogP contribution in [0, 0.1) is 29.4 Å². The molecule has 0 heterocycles. The van der Waals surface area contributed by atoms with Crippen molar-refractivity contribution in [3.8, 4) is 5.75 Å². The number of hydrogen-bond acceptors (Lipinski definition) is 1. The number of ether oxygens (including phenoxy) is 1. The van der Waals surface area contributed by atoms with Gasteiger partial charge in [0.25, 0.3) is 0 Å². The van der Waals surface area contributed by atoms with Crippen molar-refractivity contribution >= 4 is 0 Å². The molecule has 0 aromatic heterocycles. The fourth-order valence-corrected chi connectivity index (χ4v) is 5.34. The van der Waals surface area contributed by atoms with E-state index in [1.165, 1.54) is 38.2 Å². The van der Waals surface area contributed by atoms with Crippen molar-refractivity contribution in [1.82, 2.24) is 0 Å². The van der Waals surface area contributed by atoms with Gasteiger partial charge in [0.2, 0.25) is 5.82 Å². The molecule has 2 saturated carbocycles. The topological polar surface area (TPSA) is 9.23 Å². The van der Waals surface area contributed by atoms with E-state index in [4.69, 9.17) is 0 Å². The molecule has 6 heteroatoms. The Balaban J connectivity index is 1.52. The van der Waals surface area contributed by atoms with E-state index in [0.29, 0.717) is 5.92 Å². The predicted molar refractivity (Wildman–Crippen MR) is 107 cm³/mol. The van der Waals surface area contributed by atoms with Crippen LogP contribution >= 0.6 is 0 Å². The summed E-state index contributed by atoms with van der Waals surface area (Å²) >= 11 is 0. The minimum absolute atomic E-state index is 0.0867. The van der Waals surface area contributed by atoms with Gasteiger partial charge in [-0.25, -0.2) is 4.39 Å². The van der Waals surface area contributed by atoms with Gasteiger partial charge in [-0.1, -0.05) is 25.0 Å². The summed E-state index contributed by atoms with van der Waals surface area (Å²) in [5, 5.41) is 0. The van der Waals surface area contributed by atoms with E-state index in [0.717, 1.165) is 50.0 Å². The van der Waals surface area contributed by atoms with Gasteiger partial charge in [-0.05, 0) is 86.7 Å². The van der Waals surface area contributed by atoms with Gasteiger partial charge >= 0.3 is 6.18 Å². The number of alkyl halides is 3. The molecule has 0 radical (unpaired) electrons. The first-order valence-electron chi connectivity index (χ1n) is 11.1. The number of halogens is 5. The van der Waals surface area contributed by atoms with Crippen molar-refractivity contribution < 1.29 is 26.7 Å². The van der Waals surface area contributed by atoms with E-state index >= 15 is 0 Å². The first-order valence-corrected chi connectivity index (χ1v) is 11.1. The zero-order valence-electron chi connectivity index (χ0n) is 17.3. The van der Waals surface area contributed by atoms with Gasteiger partial charge in [-0.2, -0.15) is 17.6 Å². The third kappa shape index (κ3) is 5.98. The molecule has 0 N–H and O–H groups in total. The largest absolute Gasteiger partial charge is 0.481 e. The molecule has 0 atom stereocenters. The summed E-state index contributed by atoms with van der Waals surface area (Å²) in [4.78, 5) is 0. The molecule has 1 aromatic carbocycles. The minimum atomic E-state index is -4.59. The van der Waals surface area contributed by atoms with Crippen LogP contribution in [0.3, 0.4) is 0 Å². The Morgan fingerprint density at radius 3 is 2.07 bits per heavy atom. The Hall–Kier alpha value is -1.59. The lowest BCUT2D eigenvalue weighted by atomic mass is 9.68. The van der Waals surface area contributed by atoms with E-state index < -0.39 is 30.2 Å². The Labute approximate surface area is 175 Å². The smallest absolute Gasteiger partial charge is 0.422 e. The Kier molecular flexibility index (Phi) is 7.81. The van der Waals surface area contributed by atoms with Crippen LogP contribution in [0.1, 0.15) is 75.7 Å². The highest BCUT2D eigenvalue weighted by atomic mass is 19.4. The maximum Gasteiger partial charge on any atom is 0.422 e. The van der Waals surface area contributed by atoms with Gasteiger partial charge in [0, 0.05) is 0 Å². The first kappa shape index (κ1) is 23.1. The maximum atomic E-state index is 14.5. The lowest BCUT2D eigenvalue weighted by Gasteiger charge is -2.38. The van der Waals surface area contributed by atoms with Crippen LogP contribution in [-0.4, -0.2) is 12.8 Å². The third-order valence-corrected chi connectivity index (χ3v) is 7.02. The Morgan fingerprint density at radius 1 is 0.900 bits per heavy atom. The minimum Gasteiger partial charge on any atom is -0.481 e. The summed E-state index contributed by atoms with van der Waals surface area (Å²) in [6, 6.07) is 2.51. The first-order chi connectivity index (χ1) is 14.3. The quantitative estimate of drug-likeness (QED) is 0.315. The molecular weight excluding hydrogens is 399 g/mol. The van der Waals surface area contributed by atoms with E-state index in [1.54, 1.807) is 0 Å². The molecule has 0 unspecified atom stereocenters. The normalized spacial score (nSPS) is 27.6. The van der Waals surface area contributed by atoms with E-state index in [2.05, 4.69) is 11.3 Å². The van der Waals surface area contributed by atoms with Gasteiger partial charge in [0.15, 0.2) is 18.2 Å². The number of allylic oxidation sites excluding steroid dienone is 1. The maximum absolute atomic E-state index is 14.5. The number of hydrogen-bond donors (Lipinski definition) is 0. The van der Waals surface area contributed by atoms with E-state index in [-0.39, 0.29) is 11.5 Å². The lowest BCUT2D eigenvalue weighted by molar-refractivity contribution is -0.153. The average Bonchev–Trinajstić information content (AvgIpc) is 2.73. The van der Waals surface area contributed by atoms with Crippen LogP contribution in [0.4, 0.5) is 22.0 Å². The van der Waals surface area contributed by atoms with Crippen LogP contribution in [0.15, 0.2) is 24.8 Å². The van der Waals surface area contributed by atoms with Crippen LogP contribution in [-0.2, 0) is 0 Å². The van der Waals surface area contributed by atoms with Crippen molar-refractivity contribution in [1.29, 1.82) is 0 Å². The van der Waals surface area contributed by atoms with Crippen molar-refractivity contribution in [2.45, 2.75) is 76.3 Å². The summed E-state index contributed by atoms with van der Waals surface area (Å²) in [6.07, 6.45) is 8.36. The highest BCUT2D eigenvalue weighted by Crippen LogP contribution is 2.45. The van der Waals surface area contributed by atoms with Crippen LogP contribution in [0.2, 0.25) is 0 Å². The molecule has 0 amide bonds. The van der Waals surface area contributed by atoms with Crippen molar-refractivity contribution in [3.05, 3.63) is 42.0 Å². The summed E-state index contributed by atoms with van der Waals surface area (Å²) in [7, 11) is 0. The van der Waals surface area contributed by atoms with E-state index in [9.17, 15) is 22.0 Å². The van der Waals surface area contributed by atoms with Crippen LogP contribution < -0.4 is 4.74 Å². The summed E-state index contributed by atoms with van der Waals surface area (Å²) in [6.45, 7) is 2.16. The SMILES string of the molecule is C=CCCC1CCC(C2CCC(c3ccc(OCC(F)(F)F)c(F)c3F)CC2)CC1. The van der Waals surface area contributed by atoms with Gasteiger partial charge in [-0.3, -0.25) is 0 Å². The van der Waals surface area contributed by atoms with Crippen molar-refractivity contribution in [2.75, 3.05) is 6.61 Å². The molecule has 0 saturated heterocycles. The van der Waals surface area contributed by atoms with Crippen LogP contribution in [0.25, 0.3) is 0 Å². The molecule has 3 rings (SSSR count). The second kappa shape index (κ2) is 10.1. The van der Waals surface area contributed by atoms with Crippen LogP contribution in [0.5, 0.6) is 5.75 Å². The summed E-state index contributed by atoms with van der Waals surface area (Å²) in [5.74, 6) is -0.982. The highest BCUT2D eigenvalue weighted by Gasteiger charge is 2.33. The second-order valence-electron chi connectivity index (χ2n) is 8.94. The molecule has 2 aliphatic carbocycles. The molecule has 0 bridgehead atoms. The molecule has 2 aliphatic rings. The molecule has 1 aromatic rings. The molecular formula is C24H31F5O. The molecule has 1 nitrogen and oxygen atoms in total. The lowest BCUT2D eigenvalue weighted by Crippen LogP contribution is -2.25. The third-order valence-electron chi connectivity index (χ3n) is 7.02.